The molecule has 0 atom stereocenters. The van der Waals surface area contributed by atoms with Crippen molar-refractivity contribution in [3.05, 3.63) is 46.3 Å². The first-order chi connectivity index (χ1) is 11.6. The van der Waals surface area contributed by atoms with Crippen LogP contribution in [0.5, 0.6) is 0 Å². The van der Waals surface area contributed by atoms with E-state index < -0.39 is 0 Å². The number of benzene rings is 1. The number of para-hydroxylation sites is 1. The molecule has 126 valence electrons. The van der Waals surface area contributed by atoms with Crippen molar-refractivity contribution >= 4 is 16.9 Å². The largest absolute Gasteiger partial charge is 0.451 e. The molecule has 24 heavy (non-hydrogen) atoms. The maximum Gasteiger partial charge on any atom is 0.290 e. The minimum Gasteiger partial charge on any atom is -0.451 e. The van der Waals surface area contributed by atoms with E-state index in [9.17, 15) is 9.59 Å². The normalized spacial score (nSPS) is 24.0. The highest BCUT2D eigenvalue weighted by Gasteiger charge is 2.39. The van der Waals surface area contributed by atoms with E-state index in [0.29, 0.717) is 17.0 Å². The molecule has 0 unspecified atom stereocenters. The molecule has 0 saturated heterocycles. The predicted octanol–water partition coefficient (Wildman–Crippen LogP) is 3.98. The van der Waals surface area contributed by atoms with Crippen LogP contribution in [0.1, 0.15) is 56.0 Å². The summed E-state index contributed by atoms with van der Waals surface area (Å²) in [6, 6.07) is 9.09. The molecule has 0 aliphatic heterocycles. The lowest BCUT2D eigenvalue weighted by atomic mass is 9.86. The Bertz CT molecular complexity index is 813. The zero-order valence-corrected chi connectivity index (χ0v) is 14.0. The number of hydrogen-bond acceptors (Lipinski definition) is 3. The Hall–Kier alpha value is -2.10. The smallest absolute Gasteiger partial charge is 0.290 e. The Balaban J connectivity index is 1.67. The van der Waals surface area contributed by atoms with Gasteiger partial charge in [-0.25, -0.2) is 0 Å². The van der Waals surface area contributed by atoms with Gasteiger partial charge in [-0.15, -0.1) is 0 Å². The molecule has 2 aliphatic carbocycles. The fourth-order valence-electron chi connectivity index (χ4n) is 3.84. The molecule has 4 rings (SSSR count). The van der Waals surface area contributed by atoms with E-state index in [1.165, 1.54) is 18.9 Å². The number of nitrogens with zero attached hydrogens (tertiary/aromatic N) is 1. The molecule has 2 fully saturated rings. The second kappa shape index (κ2) is 6.08. The first-order valence-electron chi connectivity index (χ1n) is 8.99. The molecule has 1 aromatic heterocycles. The number of amides is 1. The van der Waals surface area contributed by atoms with Crippen molar-refractivity contribution < 1.29 is 9.21 Å². The quantitative estimate of drug-likeness (QED) is 0.858. The lowest BCUT2D eigenvalue weighted by molar-refractivity contribution is 0.0561. The number of carbonyl (C=O) groups excluding carboxylic acids is 1. The zero-order valence-electron chi connectivity index (χ0n) is 14.0. The van der Waals surface area contributed by atoms with Crippen LogP contribution in [0, 0.1) is 5.92 Å². The molecule has 2 saturated carbocycles. The lowest BCUT2D eigenvalue weighted by Crippen LogP contribution is -2.44. The molecule has 2 aromatic rings. The molecular formula is C20H23NO3. The number of rotatable bonds is 3. The van der Waals surface area contributed by atoms with Crippen molar-refractivity contribution in [2.24, 2.45) is 5.92 Å². The van der Waals surface area contributed by atoms with E-state index in [-0.39, 0.29) is 23.1 Å². The van der Waals surface area contributed by atoms with Gasteiger partial charge in [0.1, 0.15) is 5.58 Å². The summed E-state index contributed by atoms with van der Waals surface area (Å²) < 4.78 is 5.78. The number of carbonyl (C=O) groups is 1. The third-order valence-corrected chi connectivity index (χ3v) is 5.40. The molecule has 1 amide bonds. The minimum atomic E-state index is -0.145. The average molecular weight is 325 g/mol. The van der Waals surface area contributed by atoms with Gasteiger partial charge in [-0.3, -0.25) is 9.59 Å². The van der Waals surface area contributed by atoms with Gasteiger partial charge in [-0.2, -0.15) is 0 Å². The zero-order chi connectivity index (χ0) is 16.7. The van der Waals surface area contributed by atoms with E-state index in [1.54, 1.807) is 18.2 Å². The molecule has 4 nitrogen and oxygen atoms in total. The summed E-state index contributed by atoms with van der Waals surface area (Å²) in [6.07, 6.45) is 6.58. The lowest BCUT2D eigenvalue weighted by Gasteiger charge is -2.36. The van der Waals surface area contributed by atoms with Crippen LogP contribution in [-0.2, 0) is 0 Å². The highest BCUT2D eigenvalue weighted by molar-refractivity contribution is 5.93. The summed E-state index contributed by atoms with van der Waals surface area (Å²) >= 11 is 0. The summed E-state index contributed by atoms with van der Waals surface area (Å²) in [5, 5.41) is 0.526. The highest BCUT2D eigenvalue weighted by Crippen LogP contribution is 2.36. The number of fused-ring (bicyclic) bond motifs is 1. The van der Waals surface area contributed by atoms with Gasteiger partial charge in [0.25, 0.3) is 5.91 Å². The van der Waals surface area contributed by atoms with Crippen LogP contribution in [0.4, 0.5) is 0 Å². The van der Waals surface area contributed by atoms with Gasteiger partial charge in [0.2, 0.25) is 0 Å². The summed E-state index contributed by atoms with van der Waals surface area (Å²) in [6.45, 7) is 2.28. The number of hydrogen-bond donors (Lipinski definition) is 0. The Morgan fingerprint density at radius 3 is 2.33 bits per heavy atom. The van der Waals surface area contributed by atoms with Crippen LogP contribution >= 0.6 is 0 Å². The molecule has 0 bridgehead atoms. The first kappa shape index (κ1) is 15.4. The average Bonchev–Trinajstić information content (AvgIpc) is 3.41. The molecule has 1 heterocycles. The van der Waals surface area contributed by atoms with E-state index in [0.717, 1.165) is 31.6 Å². The van der Waals surface area contributed by atoms with E-state index in [1.807, 2.05) is 11.0 Å². The van der Waals surface area contributed by atoms with Crippen molar-refractivity contribution in [2.45, 2.75) is 57.5 Å². The van der Waals surface area contributed by atoms with Crippen molar-refractivity contribution in [1.82, 2.24) is 4.90 Å². The van der Waals surface area contributed by atoms with Gasteiger partial charge in [-0.1, -0.05) is 19.1 Å². The van der Waals surface area contributed by atoms with Crippen molar-refractivity contribution in [3.63, 3.8) is 0 Å². The monoisotopic (exact) mass is 325 g/mol. The summed E-state index contributed by atoms with van der Waals surface area (Å²) in [5.74, 6) is 0.820. The Kier molecular flexibility index (Phi) is 3.91. The molecule has 4 heteroatoms. The molecular weight excluding hydrogens is 302 g/mol. The van der Waals surface area contributed by atoms with E-state index in [2.05, 4.69) is 6.92 Å². The summed E-state index contributed by atoms with van der Waals surface area (Å²) in [4.78, 5) is 27.4. The van der Waals surface area contributed by atoms with Gasteiger partial charge in [-0.05, 0) is 56.6 Å². The highest BCUT2D eigenvalue weighted by atomic mass is 16.3. The SMILES string of the molecule is CC1CCC(N(C(=O)c2cc(=O)c3ccccc3o2)C2CC2)CC1. The molecule has 0 N–H and O–H groups in total. The van der Waals surface area contributed by atoms with Gasteiger partial charge >= 0.3 is 0 Å². The van der Waals surface area contributed by atoms with Crippen molar-refractivity contribution in [2.75, 3.05) is 0 Å². The standard InChI is InChI=1S/C20H23NO3/c1-13-6-8-14(9-7-13)21(15-10-11-15)20(23)19-12-17(22)16-4-2-3-5-18(16)24-19/h2-5,12-15H,6-11H2,1H3. The van der Waals surface area contributed by atoms with Gasteiger partial charge < -0.3 is 9.32 Å². The van der Waals surface area contributed by atoms with Crippen LogP contribution in [0.2, 0.25) is 0 Å². The van der Waals surface area contributed by atoms with E-state index in [4.69, 9.17) is 4.42 Å². The van der Waals surface area contributed by atoms with E-state index >= 15 is 0 Å². The fourth-order valence-corrected chi connectivity index (χ4v) is 3.84. The Morgan fingerprint density at radius 2 is 1.67 bits per heavy atom. The van der Waals surface area contributed by atoms with Gasteiger partial charge in [0.15, 0.2) is 11.2 Å². The first-order valence-corrected chi connectivity index (χ1v) is 8.99. The molecule has 2 aliphatic rings. The van der Waals surface area contributed by atoms with Crippen molar-refractivity contribution in [3.8, 4) is 0 Å². The minimum absolute atomic E-state index is 0.111. The second-order valence-electron chi connectivity index (χ2n) is 7.33. The Labute approximate surface area is 141 Å². The third kappa shape index (κ3) is 2.85. The second-order valence-corrected chi connectivity index (χ2v) is 7.33. The topological polar surface area (TPSA) is 50.5 Å². The molecule has 1 aromatic carbocycles. The van der Waals surface area contributed by atoms with Crippen LogP contribution in [-0.4, -0.2) is 22.9 Å². The van der Waals surface area contributed by atoms with Gasteiger partial charge in [0.05, 0.1) is 5.39 Å². The van der Waals surface area contributed by atoms with Gasteiger partial charge in [0, 0.05) is 18.2 Å². The maximum atomic E-state index is 13.1. The van der Waals surface area contributed by atoms with Crippen LogP contribution in [0.3, 0.4) is 0 Å². The Morgan fingerprint density at radius 1 is 1.04 bits per heavy atom. The molecule has 0 spiro atoms. The van der Waals surface area contributed by atoms with Crippen molar-refractivity contribution in [1.29, 1.82) is 0 Å². The molecule has 0 radical (unpaired) electrons. The predicted molar refractivity (Wildman–Crippen MR) is 93.1 cm³/mol. The van der Waals surface area contributed by atoms with Crippen LogP contribution in [0.25, 0.3) is 11.0 Å². The third-order valence-electron chi connectivity index (χ3n) is 5.40. The maximum absolute atomic E-state index is 13.1. The fraction of sp³-hybridized carbons (Fsp3) is 0.500. The van der Waals surface area contributed by atoms with Crippen LogP contribution < -0.4 is 5.43 Å². The summed E-state index contributed by atoms with van der Waals surface area (Å²) in [7, 11) is 0. The van der Waals surface area contributed by atoms with Crippen LogP contribution in [0.15, 0.2) is 39.5 Å². The summed E-state index contributed by atoms with van der Waals surface area (Å²) in [5.41, 5.74) is 0.342.